The van der Waals surface area contributed by atoms with Crippen LogP contribution >= 0.6 is 23.4 Å². The molecule has 0 atom stereocenters. The summed E-state index contributed by atoms with van der Waals surface area (Å²) in [6, 6.07) is 7.92. The Bertz CT molecular complexity index is 218. The Labute approximate surface area is 83.3 Å². The standard InChI is InChI=1S/C10H12ClS/c1-2-12-8-7-9-3-5-10(11)6-4-9/h3-7H,2,8H2,1H3. The van der Waals surface area contributed by atoms with Gasteiger partial charge in [-0.15, -0.1) is 0 Å². The lowest BCUT2D eigenvalue weighted by atomic mass is 10.2. The lowest BCUT2D eigenvalue weighted by Gasteiger charge is -1.99. The molecule has 0 N–H and O–H groups in total. The predicted molar refractivity (Wildman–Crippen MR) is 57.9 cm³/mol. The fraction of sp³-hybridized carbons (Fsp3) is 0.300. The summed E-state index contributed by atoms with van der Waals surface area (Å²) in [5, 5.41) is 0.801. The molecule has 2 heteroatoms. The summed E-state index contributed by atoms with van der Waals surface area (Å²) in [4.78, 5) is 0. The first-order valence-corrected chi connectivity index (χ1v) is 5.52. The van der Waals surface area contributed by atoms with Crippen molar-refractivity contribution in [3.05, 3.63) is 41.3 Å². The fourth-order valence-corrected chi connectivity index (χ4v) is 1.54. The van der Waals surface area contributed by atoms with Gasteiger partial charge in [0.15, 0.2) is 0 Å². The molecule has 0 fully saturated rings. The van der Waals surface area contributed by atoms with Crippen LogP contribution in [0.2, 0.25) is 5.02 Å². The van der Waals surface area contributed by atoms with Crippen molar-refractivity contribution in [3.8, 4) is 0 Å². The van der Waals surface area contributed by atoms with Gasteiger partial charge in [0.05, 0.1) is 0 Å². The van der Waals surface area contributed by atoms with Crippen LogP contribution in [0.3, 0.4) is 0 Å². The number of thioether (sulfide) groups is 1. The quantitative estimate of drug-likeness (QED) is 0.668. The van der Waals surface area contributed by atoms with Crippen LogP contribution in [0.15, 0.2) is 24.3 Å². The van der Waals surface area contributed by atoms with Gasteiger partial charge in [0.2, 0.25) is 0 Å². The molecule has 0 aromatic heterocycles. The monoisotopic (exact) mass is 199 g/mol. The van der Waals surface area contributed by atoms with Gasteiger partial charge in [0.1, 0.15) is 0 Å². The number of halogens is 1. The van der Waals surface area contributed by atoms with Crippen molar-refractivity contribution < 1.29 is 0 Å². The zero-order valence-electron chi connectivity index (χ0n) is 7.09. The third-order valence-electron chi connectivity index (χ3n) is 1.51. The van der Waals surface area contributed by atoms with E-state index in [9.17, 15) is 0 Å². The second-order valence-corrected chi connectivity index (χ2v) is 4.17. The minimum absolute atomic E-state index is 0.801. The maximum atomic E-state index is 5.75. The average Bonchev–Trinajstić information content (AvgIpc) is 2.09. The van der Waals surface area contributed by atoms with E-state index in [1.54, 1.807) is 0 Å². The maximum absolute atomic E-state index is 5.75. The molecule has 12 heavy (non-hydrogen) atoms. The molecule has 0 aliphatic carbocycles. The van der Waals surface area contributed by atoms with Gasteiger partial charge in [-0.05, 0) is 23.4 Å². The molecule has 0 bridgehead atoms. The molecule has 0 nitrogen and oxygen atoms in total. The average molecular weight is 200 g/mol. The van der Waals surface area contributed by atoms with E-state index in [2.05, 4.69) is 13.3 Å². The Morgan fingerprint density at radius 3 is 2.58 bits per heavy atom. The van der Waals surface area contributed by atoms with E-state index in [1.165, 1.54) is 11.3 Å². The van der Waals surface area contributed by atoms with Crippen LogP contribution in [0.25, 0.3) is 0 Å². The van der Waals surface area contributed by atoms with Gasteiger partial charge in [0, 0.05) is 17.2 Å². The molecule has 65 valence electrons. The lowest BCUT2D eigenvalue weighted by Crippen LogP contribution is -1.84. The maximum Gasteiger partial charge on any atom is 0.0406 e. The largest absolute Gasteiger partial charge is 0.162 e. The molecule has 0 heterocycles. The highest BCUT2D eigenvalue weighted by atomic mass is 35.5. The van der Waals surface area contributed by atoms with Crippen LogP contribution in [0.4, 0.5) is 0 Å². The van der Waals surface area contributed by atoms with Crippen molar-refractivity contribution in [1.82, 2.24) is 0 Å². The molecule has 1 aromatic carbocycles. The Morgan fingerprint density at radius 2 is 2.00 bits per heavy atom. The molecule has 0 amide bonds. The molecule has 1 rings (SSSR count). The zero-order chi connectivity index (χ0) is 8.81. The number of hydrogen-bond donors (Lipinski definition) is 0. The van der Waals surface area contributed by atoms with Gasteiger partial charge >= 0.3 is 0 Å². The van der Waals surface area contributed by atoms with E-state index in [4.69, 9.17) is 11.6 Å². The number of hydrogen-bond acceptors (Lipinski definition) is 1. The Morgan fingerprint density at radius 1 is 1.33 bits per heavy atom. The molecule has 1 aromatic rings. The molecule has 0 aliphatic rings. The van der Waals surface area contributed by atoms with Gasteiger partial charge in [0.25, 0.3) is 0 Å². The van der Waals surface area contributed by atoms with Gasteiger partial charge < -0.3 is 0 Å². The molecule has 0 saturated heterocycles. The lowest BCUT2D eigenvalue weighted by molar-refractivity contribution is 1.42. The normalized spacial score (nSPS) is 10.2. The van der Waals surface area contributed by atoms with Crippen molar-refractivity contribution in [2.45, 2.75) is 6.92 Å². The van der Waals surface area contributed by atoms with E-state index >= 15 is 0 Å². The van der Waals surface area contributed by atoms with E-state index in [0.717, 1.165) is 10.8 Å². The molecule has 0 saturated carbocycles. The number of rotatable bonds is 4. The minimum Gasteiger partial charge on any atom is -0.162 e. The first kappa shape index (κ1) is 9.94. The van der Waals surface area contributed by atoms with Crippen LogP contribution in [0.1, 0.15) is 12.5 Å². The summed E-state index contributed by atoms with van der Waals surface area (Å²) in [6.45, 7) is 2.17. The fourth-order valence-electron chi connectivity index (χ4n) is 0.872. The van der Waals surface area contributed by atoms with Crippen molar-refractivity contribution in [3.63, 3.8) is 0 Å². The highest BCUT2D eigenvalue weighted by molar-refractivity contribution is 7.99. The molecule has 1 radical (unpaired) electrons. The van der Waals surface area contributed by atoms with E-state index in [0.29, 0.717) is 0 Å². The Balaban J connectivity index is 2.37. The number of benzene rings is 1. The first-order chi connectivity index (χ1) is 5.83. The summed E-state index contributed by atoms with van der Waals surface area (Å²) in [6.07, 6.45) is 2.21. The van der Waals surface area contributed by atoms with E-state index in [-0.39, 0.29) is 0 Å². The predicted octanol–water partition coefficient (Wildman–Crippen LogP) is 3.65. The summed E-state index contributed by atoms with van der Waals surface area (Å²) in [7, 11) is 0. The van der Waals surface area contributed by atoms with Crippen molar-refractivity contribution in [2.24, 2.45) is 0 Å². The first-order valence-electron chi connectivity index (χ1n) is 3.99. The van der Waals surface area contributed by atoms with Crippen molar-refractivity contribution in [2.75, 3.05) is 11.5 Å². The minimum atomic E-state index is 0.801. The topological polar surface area (TPSA) is 0 Å². The molecule has 0 spiro atoms. The molecule has 0 aliphatic heterocycles. The van der Waals surface area contributed by atoms with Crippen LogP contribution in [0.5, 0.6) is 0 Å². The summed E-state index contributed by atoms with van der Waals surface area (Å²) >= 11 is 7.67. The highest BCUT2D eigenvalue weighted by Gasteiger charge is 1.92. The smallest absolute Gasteiger partial charge is 0.0406 e. The van der Waals surface area contributed by atoms with Crippen LogP contribution in [0, 0.1) is 6.42 Å². The van der Waals surface area contributed by atoms with Gasteiger partial charge in [-0.25, -0.2) is 0 Å². The van der Waals surface area contributed by atoms with E-state index in [1.807, 2.05) is 36.0 Å². The summed E-state index contributed by atoms with van der Waals surface area (Å²) in [5.41, 5.74) is 1.25. The second kappa shape index (κ2) is 5.50. The van der Waals surface area contributed by atoms with Crippen LogP contribution < -0.4 is 0 Å². The van der Waals surface area contributed by atoms with Gasteiger partial charge in [-0.3, -0.25) is 0 Å². The van der Waals surface area contributed by atoms with Crippen LogP contribution in [-0.4, -0.2) is 11.5 Å². The Kier molecular flexibility index (Phi) is 4.55. The van der Waals surface area contributed by atoms with Gasteiger partial charge in [-0.2, -0.15) is 11.8 Å². The SMILES string of the molecule is CCSC[CH]c1ccc(Cl)cc1. The molecule has 0 unspecified atom stereocenters. The van der Waals surface area contributed by atoms with Crippen LogP contribution in [-0.2, 0) is 0 Å². The second-order valence-electron chi connectivity index (χ2n) is 2.42. The third kappa shape index (κ3) is 3.51. The summed E-state index contributed by atoms with van der Waals surface area (Å²) < 4.78 is 0. The highest BCUT2D eigenvalue weighted by Crippen LogP contribution is 2.12. The van der Waals surface area contributed by atoms with Gasteiger partial charge in [-0.1, -0.05) is 30.7 Å². The van der Waals surface area contributed by atoms with E-state index < -0.39 is 0 Å². The third-order valence-corrected chi connectivity index (χ3v) is 2.57. The van der Waals surface area contributed by atoms with Crippen molar-refractivity contribution >= 4 is 23.4 Å². The Hall–Kier alpha value is -0.140. The summed E-state index contributed by atoms with van der Waals surface area (Å²) in [5.74, 6) is 2.25. The molecular weight excluding hydrogens is 188 g/mol. The zero-order valence-corrected chi connectivity index (χ0v) is 8.66. The van der Waals surface area contributed by atoms with Crippen molar-refractivity contribution in [1.29, 1.82) is 0 Å². The molecular formula is C10H12ClS.